The molecule has 1 unspecified atom stereocenters. The van der Waals surface area contributed by atoms with Gasteiger partial charge in [-0.25, -0.2) is 0 Å². The van der Waals surface area contributed by atoms with Crippen LogP contribution in [0.3, 0.4) is 0 Å². The highest BCUT2D eigenvalue weighted by Gasteiger charge is 2.40. The lowest BCUT2D eigenvalue weighted by Gasteiger charge is -2.46. The Balaban J connectivity index is 1.54. The number of ether oxygens (including phenoxy) is 1. The number of nitrogens with zero attached hydrogens (tertiary/aromatic N) is 2. The number of morpholine rings is 1. The zero-order valence-electron chi connectivity index (χ0n) is 16.4. The van der Waals surface area contributed by atoms with Gasteiger partial charge in [0.25, 0.3) is 0 Å². The molecule has 3 N–H and O–H groups in total. The number of hydrogen-bond acceptors (Lipinski definition) is 4. The standard InChI is InChI=1S/C22H32N4O/c1-2-6-26-13-15(23)11-17-16-4-3-5-19-22(16)18(12-21(17)26)20(24-19)14-25-7-9-27-10-8-25/h3-5,15,17,21,24H,2,6-14,23H2,1H3/t15-,17?,21+/m0/s1. The highest BCUT2D eigenvalue weighted by molar-refractivity contribution is 5.89. The topological polar surface area (TPSA) is 57.5 Å². The fraction of sp³-hybridized carbons (Fsp3) is 0.636. The van der Waals surface area contributed by atoms with Crippen molar-refractivity contribution in [2.45, 2.75) is 50.7 Å². The molecule has 5 nitrogen and oxygen atoms in total. The zero-order chi connectivity index (χ0) is 18.4. The van der Waals surface area contributed by atoms with Crippen LogP contribution in [0.15, 0.2) is 18.2 Å². The Hall–Kier alpha value is -1.40. The van der Waals surface area contributed by atoms with Crippen molar-refractivity contribution >= 4 is 10.9 Å². The van der Waals surface area contributed by atoms with Gasteiger partial charge in [0.1, 0.15) is 0 Å². The van der Waals surface area contributed by atoms with Gasteiger partial charge in [-0.2, -0.15) is 0 Å². The summed E-state index contributed by atoms with van der Waals surface area (Å²) in [4.78, 5) is 8.98. The first kappa shape index (κ1) is 17.7. The summed E-state index contributed by atoms with van der Waals surface area (Å²) in [6.45, 7) is 9.27. The number of rotatable bonds is 4. The fourth-order valence-electron chi connectivity index (χ4n) is 5.66. The van der Waals surface area contributed by atoms with Gasteiger partial charge < -0.3 is 15.5 Å². The second kappa shape index (κ2) is 7.21. The number of benzene rings is 1. The number of hydrogen-bond donors (Lipinski definition) is 2. The van der Waals surface area contributed by atoms with Crippen LogP contribution in [0.4, 0.5) is 0 Å². The van der Waals surface area contributed by atoms with E-state index in [1.165, 1.54) is 28.6 Å². The summed E-state index contributed by atoms with van der Waals surface area (Å²) < 4.78 is 5.53. The molecule has 0 saturated carbocycles. The fourth-order valence-corrected chi connectivity index (χ4v) is 5.66. The zero-order valence-corrected chi connectivity index (χ0v) is 16.4. The van der Waals surface area contributed by atoms with E-state index in [2.05, 4.69) is 39.9 Å². The molecule has 3 atom stereocenters. The molecule has 146 valence electrons. The molecule has 27 heavy (non-hydrogen) atoms. The molecule has 0 radical (unpaired) electrons. The molecule has 5 rings (SSSR count). The summed E-state index contributed by atoms with van der Waals surface area (Å²) in [5, 5.41) is 1.49. The van der Waals surface area contributed by atoms with Gasteiger partial charge in [-0.15, -0.1) is 0 Å². The van der Waals surface area contributed by atoms with E-state index in [4.69, 9.17) is 10.5 Å². The van der Waals surface area contributed by atoms with Crippen molar-refractivity contribution in [1.29, 1.82) is 0 Å². The van der Waals surface area contributed by atoms with Gasteiger partial charge in [0, 0.05) is 60.8 Å². The number of aromatic amines is 1. The van der Waals surface area contributed by atoms with Crippen molar-refractivity contribution in [3.05, 3.63) is 35.0 Å². The molecule has 2 aliphatic heterocycles. The first-order valence-corrected chi connectivity index (χ1v) is 10.7. The van der Waals surface area contributed by atoms with Gasteiger partial charge in [0.05, 0.1) is 13.2 Å². The van der Waals surface area contributed by atoms with Crippen LogP contribution in [0.2, 0.25) is 0 Å². The van der Waals surface area contributed by atoms with Gasteiger partial charge >= 0.3 is 0 Å². The number of likely N-dealkylation sites (tertiary alicyclic amines) is 1. The lowest BCUT2D eigenvalue weighted by molar-refractivity contribution is 0.0335. The third-order valence-electron chi connectivity index (χ3n) is 6.82. The SMILES string of the molecule is CCCN1C[C@@H](N)CC2c3cccc4[nH]c(CN5CCOCC5)c(c34)C[C@H]21. The van der Waals surface area contributed by atoms with E-state index in [9.17, 15) is 0 Å². The Morgan fingerprint density at radius 1 is 1.26 bits per heavy atom. The monoisotopic (exact) mass is 368 g/mol. The van der Waals surface area contributed by atoms with Crippen LogP contribution in [-0.2, 0) is 17.7 Å². The molecular formula is C22H32N4O. The highest BCUT2D eigenvalue weighted by atomic mass is 16.5. The predicted octanol–water partition coefficient (Wildman–Crippen LogP) is 2.45. The third-order valence-corrected chi connectivity index (χ3v) is 6.82. The van der Waals surface area contributed by atoms with Crippen LogP contribution in [-0.4, -0.2) is 66.3 Å². The molecule has 5 heteroatoms. The number of nitrogens with two attached hydrogens (primary N) is 1. The molecule has 1 aliphatic carbocycles. The number of H-pyrrole nitrogens is 1. The Kier molecular flexibility index (Phi) is 4.72. The Morgan fingerprint density at radius 2 is 2.11 bits per heavy atom. The van der Waals surface area contributed by atoms with Crippen molar-refractivity contribution in [2.24, 2.45) is 5.73 Å². The Bertz CT molecular complexity index is 810. The minimum Gasteiger partial charge on any atom is -0.379 e. The quantitative estimate of drug-likeness (QED) is 0.870. The van der Waals surface area contributed by atoms with Gasteiger partial charge in [-0.1, -0.05) is 19.1 Å². The maximum absolute atomic E-state index is 6.47. The summed E-state index contributed by atoms with van der Waals surface area (Å²) in [5.41, 5.74) is 12.3. The smallest absolute Gasteiger partial charge is 0.0594 e. The minimum atomic E-state index is 0.293. The summed E-state index contributed by atoms with van der Waals surface area (Å²) in [5.74, 6) is 0.573. The third kappa shape index (κ3) is 3.11. The first-order chi connectivity index (χ1) is 13.2. The lowest BCUT2D eigenvalue weighted by Crippen LogP contribution is -2.54. The molecule has 3 aliphatic rings. The van der Waals surface area contributed by atoms with E-state index in [0.717, 1.165) is 58.8 Å². The molecule has 2 fully saturated rings. The number of piperidine rings is 1. The van der Waals surface area contributed by atoms with Crippen molar-refractivity contribution < 1.29 is 4.74 Å². The molecule has 0 bridgehead atoms. The minimum absolute atomic E-state index is 0.293. The normalized spacial score (nSPS) is 29.2. The number of nitrogens with one attached hydrogen (secondary N) is 1. The predicted molar refractivity (Wildman–Crippen MR) is 109 cm³/mol. The Labute approximate surface area is 161 Å². The lowest BCUT2D eigenvalue weighted by atomic mass is 9.73. The van der Waals surface area contributed by atoms with Crippen LogP contribution in [0.1, 0.15) is 42.5 Å². The summed E-state index contributed by atoms with van der Waals surface area (Å²) in [6.07, 6.45) is 3.47. The second-order valence-corrected chi connectivity index (χ2v) is 8.61. The first-order valence-electron chi connectivity index (χ1n) is 10.7. The van der Waals surface area contributed by atoms with E-state index < -0.39 is 0 Å². The van der Waals surface area contributed by atoms with Crippen molar-refractivity contribution in [2.75, 3.05) is 39.4 Å². The van der Waals surface area contributed by atoms with Crippen molar-refractivity contribution in [3.8, 4) is 0 Å². The van der Waals surface area contributed by atoms with Crippen LogP contribution < -0.4 is 5.73 Å². The van der Waals surface area contributed by atoms with E-state index >= 15 is 0 Å². The molecule has 0 amide bonds. The number of aromatic nitrogens is 1. The summed E-state index contributed by atoms with van der Waals surface area (Å²) in [6, 6.07) is 7.72. The molecule has 1 aromatic heterocycles. The summed E-state index contributed by atoms with van der Waals surface area (Å²) >= 11 is 0. The Morgan fingerprint density at radius 3 is 2.93 bits per heavy atom. The van der Waals surface area contributed by atoms with Gasteiger partial charge in [0.15, 0.2) is 0 Å². The average Bonchev–Trinajstić information content (AvgIpc) is 3.02. The molecule has 3 heterocycles. The average molecular weight is 369 g/mol. The van der Waals surface area contributed by atoms with Crippen LogP contribution >= 0.6 is 0 Å². The maximum atomic E-state index is 6.47. The van der Waals surface area contributed by atoms with Crippen LogP contribution in [0.5, 0.6) is 0 Å². The highest BCUT2D eigenvalue weighted by Crippen LogP contribution is 2.44. The molecule has 0 spiro atoms. The molecule has 1 aromatic carbocycles. The van der Waals surface area contributed by atoms with E-state index in [0.29, 0.717) is 18.0 Å². The van der Waals surface area contributed by atoms with Gasteiger partial charge in [-0.3, -0.25) is 9.80 Å². The maximum Gasteiger partial charge on any atom is 0.0594 e. The van der Waals surface area contributed by atoms with Crippen LogP contribution in [0.25, 0.3) is 10.9 Å². The van der Waals surface area contributed by atoms with E-state index in [-0.39, 0.29) is 0 Å². The van der Waals surface area contributed by atoms with E-state index in [1.807, 2.05) is 0 Å². The van der Waals surface area contributed by atoms with Gasteiger partial charge in [-0.05, 0) is 43.0 Å². The van der Waals surface area contributed by atoms with Crippen LogP contribution in [0, 0.1) is 0 Å². The second-order valence-electron chi connectivity index (χ2n) is 8.61. The summed E-state index contributed by atoms with van der Waals surface area (Å²) in [7, 11) is 0. The molecule has 2 aromatic rings. The molecule has 2 saturated heterocycles. The van der Waals surface area contributed by atoms with Crippen molar-refractivity contribution in [1.82, 2.24) is 14.8 Å². The number of fused-ring (bicyclic) bond motifs is 2. The largest absolute Gasteiger partial charge is 0.379 e. The van der Waals surface area contributed by atoms with E-state index in [1.54, 1.807) is 5.56 Å². The van der Waals surface area contributed by atoms with Crippen molar-refractivity contribution in [3.63, 3.8) is 0 Å². The van der Waals surface area contributed by atoms with Gasteiger partial charge in [0.2, 0.25) is 0 Å². The molecular weight excluding hydrogens is 336 g/mol.